The molecular weight excluding hydrogens is 562 g/mol. The number of ether oxygens (including phenoxy) is 3. The molecule has 10 nitrogen and oxygen atoms in total. The summed E-state index contributed by atoms with van der Waals surface area (Å²) in [5.74, 6) is -0.955. The number of carbonyl (C=O) groups excluding carboxylic acids is 4. The van der Waals surface area contributed by atoms with Gasteiger partial charge in [-0.25, -0.2) is 9.69 Å². The first-order valence-electron chi connectivity index (χ1n) is 13.3. The first kappa shape index (κ1) is 30.1. The summed E-state index contributed by atoms with van der Waals surface area (Å²) in [5, 5.41) is 5.13. The maximum Gasteiger partial charge on any atom is 0.335 e. The van der Waals surface area contributed by atoms with Gasteiger partial charge < -0.3 is 19.5 Å². The second-order valence-corrected chi connectivity index (χ2v) is 9.62. The molecule has 11 heteroatoms. The average molecular weight is 592 g/mol. The fourth-order valence-corrected chi connectivity index (χ4v) is 4.30. The number of nitrogens with one attached hydrogen (secondary N) is 2. The van der Waals surface area contributed by atoms with E-state index in [1.807, 2.05) is 32.0 Å². The van der Waals surface area contributed by atoms with Crippen LogP contribution in [0.4, 0.5) is 16.2 Å². The van der Waals surface area contributed by atoms with Crippen LogP contribution in [-0.2, 0) is 14.4 Å². The van der Waals surface area contributed by atoms with Gasteiger partial charge in [-0.1, -0.05) is 42.8 Å². The summed E-state index contributed by atoms with van der Waals surface area (Å²) < 4.78 is 16.9. The van der Waals surface area contributed by atoms with Crippen molar-refractivity contribution < 1.29 is 33.4 Å². The van der Waals surface area contributed by atoms with Gasteiger partial charge in [0.05, 0.1) is 23.9 Å². The molecule has 0 aromatic heterocycles. The van der Waals surface area contributed by atoms with E-state index in [0.29, 0.717) is 36.0 Å². The van der Waals surface area contributed by atoms with Gasteiger partial charge in [0, 0.05) is 11.8 Å². The van der Waals surface area contributed by atoms with E-state index in [0.717, 1.165) is 16.9 Å². The van der Waals surface area contributed by atoms with E-state index < -0.39 is 17.8 Å². The van der Waals surface area contributed by atoms with Crippen LogP contribution in [0.5, 0.6) is 17.2 Å². The summed E-state index contributed by atoms with van der Waals surface area (Å²) in [6, 6.07) is 15.7. The normalized spacial score (nSPS) is 14.0. The van der Waals surface area contributed by atoms with Gasteiger partial charge in [0.1, 0.15) is 11.3 Å². The van der Waals surface area contributed by atoms with Crippen LogP contribution in [0.25, 0.3) is 6.08 Å². The molecule has 1 fully saturated rings. The van der Waals surface area contributed by atoms with Crippen molar-refractivity contribution >= 4 is 52.8 Å². The number of anilines is 2. The lowest BCUT2D eigenvalue weighted by molar-refractivity contribution is -0.122. The predicted octanol–water partition coefficient (Wildman–Crippen LogP) is 5.52. The zero-order chi connectivity index (χ0) is 30.2. The van der Waals surface area contributed by atoms with E-state index in [4.69, 9.17) is 25.8 Å². The van der Waals surface area contributed by atoms with E-state index in [1.54, 1.807) is 25.1 Å². The van der Waals surface area contributed by atoms with Crippen molar-refractivity contribution in [1.82, 2.24) is 5.32 Å². The molecule has 3 aromatic carbocycles. The van der Waals surface area contributed by atoms with Crippen LogP contribution in [0, 0.1) is 6.92 Å². The average Bonchev–Trinajstić information content (AvgIpc) is 2.95. The van der Waals surface area contributed by atoms with Crippen molar-refractivity contribution in [2.75, 3.05) is 30.0 Å². The zero-order valence-electron chi connectivity index (χ0n) is 23.4. The highest BCUT2D eigenvalue weighted by Crippen LogP contribution is 2.34. The number of nitrogens with zero attached hydrogens (tertiary/aromatic N) is 1. The maximum atomic E-state index is 13.4. The number of hydrogen-bond acceptors (Lipinski definition) is 7. The molecule has 0 unspecified atom stereocenters. The molecule has 3 aromatic rings. The number of amides is 5. The van der Waals surface area contributed by atoms with Gasteiger partial charge in [0.15, 0.2) is 18.1 Å². The molecule has 1 aliphatic rings. The summed E-state index contributed by atoms with van der Waals surface area (Å²) in [4.78, 5) is 51.9. The van der Waals surface area contributed by atoms with Crippen molar-refractivity contribution in [1.29, 1.82) is 0 Å². The van der Waals surface area contributed by atoms with Crippen LogP contribution in [0.15, 0.2) is 66.2 Å². The SMILES string of the molecule is CCCOc1ccc(N2C(=O)NC(=O)/C(=C\c3ccc(OCC(=O)Nc4ccccc4C)c(Cl)c3)C2=O)cc1OCC. The van der Waals surface area contributed by atoms with Crippen LogP contribution in [0.1, 0.15) is 31.4 Å². The highest BCUT2D eigenvalue weighted by Gasteiger charge is 2.37. The summed E-state index contributed by atoms with van der Waals surface area (Å²) in [5.41, 5.74) is 1.92. The molecule has 0 spiro atoms. The standard InChI is InChI=1S/C31H30ClN3O7/c1-4-14-41-26-13-11-21(17-27(26)40-5-2)35-30(38)22(29(37)34-31(35)39)15-20-10-12-25(23(32)16-20)42-18-28(36)33-24-9-7-6-8-19(24)3/h6-13,15-17H,4-5,14,18H2,1-3H3,(H,33,36)(H,34,37,39)/b22-15+. The lowest BCUT2D eigenvalue weighted by Crippen LogP contribution is -2.54. The number of barbiturate groups is 1. The minimum absolute atomic E-state index is 0.161. The number of imide groups is 2. The molecule has 0 atom stereocenters. The third-order valence-electron chi connectivity index (χ3n) is 6.09. The molecule has 0 bridgehead atoms. The van der Waals surface area contributed by atoms with Crippen molar-refractivity contribution in [3.05, 3.63) is 82.4 Å². The molecule has 4 rings (SSSR count). The lowest BCUT2D eigenvalue weighted by Gasteiger charge is -2.27. The van der Waals surface area contributed by atoms with Crippen LogP contribution < -0.4 is 29.7 Å². The number of para-hydroxylation sites is 1. The molecule has 5 amide bonds. The van der Waals surface area contributed by atoms with Crippen LogP contribution in [0.3, 0.4) is 0 Å². The number of rotatable bonds is 11. The highest BCUT2D eigenvalue weighted by molar-refractivity contribution is 6.39. The molecule has 218 valence electrons. The first-order valence-corrected chi connectivity index (χ1v) is 13.7. The fourth-order valence-electron chi connectivity index (χ4n) is 4.06. The lowest BCUT2D eigenvalue weighted by atomic mass is 10.1. The summed E-state index contributed by atoms with van der Waals surface area (Å²) in [6.45, 7) is 6.18. The Kier molecular flexibility index (Phi) is 9.82. The minimum Gasteiger partial charge on any atom is -0.490 e. The minimum atomic E-state index is -0.891. The van der Waals surface area contributed by atoms with Gasteiger partial charge in [0.25, 0.3) is 17.7 Å². The molecule has 0 radical (unpaired) electrons. The van der Waals surface area contributed by atoms with Gasteiger partial charge in [-0.3, -0.25) is 19.7 Å². The van der Waals surface area contributed by atoms with Crippen molar-refractivity contribution in [2.45, 2.75) is 27.2 Å². The zero-order valence-corrected chi connectivity index (χ0v) is 24.1. The Morgan fingerprint density at radius 3 is 2.43 bits per heavy atom. The Balaban J connectivity index is 1.51. The van der Waals surface area contributed by atoms with Gasteiger partial charge >= 0.3 is 6.03 Å². The molecular formula is C31H30ClN3O7. The van der Waals surface area contributed by atoms with E-state index in [-0.39, 0.29) is 34.5 Å². The van der Waals surface area contributed by atoms with Gasteiger partial charge in [-0.2, -0.15) is 0 Å². The first-order chi connectivity index (χ1) is 20.2. The Morgan fingerprint density at radius 2 is 1.71 bits per heavy atom. The van der Waals surface area contributed by atoms with E-state index >= 15 is 0 Å². The molecule has 2 N–H and O–H groups in total. The number of benzene rings is 3. The topological polar surface area (TPSA) is 123 Å². The second-order valence-electron chi connectivity index (χ2n) is 9.21. The van der Waals surface area contributed by atoms with Crippen molar-refractivity contribution in [3.63, 3.8) is 0 Å². The molecule has 1 saturated heterocycles. The Labute approximate surface area is 248 Å². The Morgan fingerprint density at radius 1 is 0.952 bits per heavy atom. The quantitative estimate of drug-likeness (QED) is 0.222. The Hall–Kier alpha value is -4.83. The van der Waals surface area contributed by atoms with E-state index in [2.05, 4.69) is 10.6 Å². The predicted molar refractivity (Wildman–Crippen MR) is 159 cm³/mol. The number of halogens is 1. The molecule has 0 aliphatic carbocycles. The number of carbonyl (C=O) groups is 4. The van der Waals surface area contributed by atoms with Crippen LogP contribution in [-0.4, -0.2) is 43.6 Å². The molecule has 1 heterocycles. The van der Waals surface area contributed by atoms with Crippen LogP contribution in [0.2, 0.25) is 5.02 Å². The summed E-state index contributed by atoms with van der Waals surface area (Å²) in [6.07, 6.45) is 2.11. The smallest absolute Gasteiger partial charge is 0.335 e. The molecule has 1 aliphatic heterocycles. The monoisotopic (exact) mass is 591 g/mol. The van der Waals surface area contributed by atoms with E-state index in [9.17, 15) is 19.2 Å². The van der Waals surface area contributed by atoms with E-state index in [1.165, 1.54) is 30.3 Å². The second kappa shape index (κ2) is 13.7. The maximum absolute atomic E-state index is 13.4. The van der Waals surface area contributed by atoms with Crippen molar-refractivity contribution in [2.24, 2.45) is 0 Å². The number of urea groups is 1. The number of hydrogen-bond donors (Lipinski definition) is 2. The van der Waals surface area contributed by atoms with Crippen LogP contribution >= 0.6 is 11.6 Å². The summed E-state index contributed by atoms with van der Waals surface area (Å²) in [7, 11) is 0. The fraction of sp³-hybridized carbons (Fsp3) is 0.226. The third-order valence-corrected chi connectivity index (χ3v) is 6.39. The third kappa shape index (κ3) is 7.08. The van der Waals surface area contributed by atoms with Gasteiger partial charge in [-0.15, -0.1) is 0 Å². The Bertz CT molecular complexity index is 1550. The van der Waals surface area contributed by atoms with Gasteiger partial charge in [0.2, 0.25) is 0 Å². The largest absolute Gasteiger partial charge is 0.490 e. The highest BCUT2D eigenvalue weighted by atomic mass is 35.5. The summed E-state index contributed by atoms with van der Waals surface area (Å²) >= 11 is 6.37. The van der Waals surface area contributed by atoms with Gasteiger partial charge in [-0.05, 0) is 67.8 Å². The molecule has 42 heavy (non-hydrogen) atoms. The number of aryl methyl sites for hydroxylation is 1. The van der Waals surface area contributed by atoms with Crippen molar-refractivity contribution in [3.8, 4) is 17.2 Å². The molecule has 0 saturated carbocycles.